The molecule has 1 aliphatic rings. The Bertz CT molecular complexity index is 522. The van der Waals surface area contributed by atoms with Gasteiger partial charge in [0.2, 0.25) is 0 Å². The maximum absolute atomic E-state index is 11.0. The molecule has 1 unspecified atom stereocenters. The second kappa shape index (κ2) is 6.56. The highest BCUT2D eigenvalue weighted by molar-refractivity contribution is 8.18. The van der Waals surface area contributed by atoms with Crippen LogP contribution in [0.2, 0.25) is 5.02 Å². The zero-order valence-electron chi connectivity index (χ0n) is 10.1. The van der Waals surface area contributed by atoms with Crippen LogP contribution in [0.3, 0.4) is 0 Å². The highest BCUT2D eigenvalue weighted by Gasteiger charge is 2.26. The molecule has 2 N–H and O–H groups in total. The lowest BCUT2D eigenvalue weighted by Crippen LogP contribution is -2.01. The molecule has 1 aromatic carbocycles. The lowest BCUT2D eigenvalue weighted by atomic mass is 10.1. The fraction of sp³-hybridized carbons (Fsp3) is 0.250. The monoisotopic (exact) mass is 317 g/mol. The van der Waals surface area contributed by atoms with Gasteiger partial charge in [-0.15, -0.1) is 23.5 Å². The van der Waals surface area contributed by atoms with Crippen LogP contribution < -0.4 is 5.48 Å². The largest absolute Gasteiger partial charge is 0.478 e. The first kappa shape index (κ1) is 14.6. The maximum Gasteiger partial charge on any atom is 0.337 e. The summed E-state index contributed by atoms with van der Waals surface area (Å²) in [7, 11) is 1.54. The van der Waals surface area contributed by atoms with Gasteiger partial charge in [-0.25, -0.2) is 4.79 Å². The van der Waals surface area contributed by atoms with Gasteiger partial charge in [-0.3, -0.25) is 10.3 Å². The van der Waals surface area contributed by atoms with Gasteiger partial charge in [-0.05, 0) is 29.5 Å². The lowest BCUT2D eigenvalue weighted by molar-refractivity contribution is 0.0697. The second-order valence-corrected chi connectivity index (χ2v) is 6.76. The van der Waals surface area contributed by atoms with Crippen LogP contribution in [0.25, 0.3) is 0 Å². The summed E-state index contributed by atoms with van der Waals surface area (Å²) in [5, 5.41) is 11.3. The van der Waals surface area contributed by atoms with Crippen molar-refractivity contribution in [3.05, 3.63) is 39.9 Å². The van der Waals surface area contributed by atoms with E-state index < -0.39 is 5.97 Å². The Kier molecular flexibility index (Phi) is 5.04. The van der Waals surface area contributed by atoms with Crippen molar-refractivity contribution in [2.24, 2.45) is 0 Å². The van der Waals surface area contributed by atoms with Gasteiger partial charge in [0.1, 0.15) is 0 Å². The fourth-order valence-corrected chi connectivity index (χ4v) is 4.40. The van der Waals surface area contributed by atoms with Gasteiger partial charge >= 0.3 is 5.97 Å². The fourth-order valence-electron chi connectivity index (χ4n) is 1.72. The number of nitrogens with one attached hydrogen (secondary N) is 1. The highest BCUT2D eigenvalue weighted by atomic mass is 35.5. The van der Waals surface area contributed by atoms with Crippen LogP contribution in [0.1, 0.15) is 15.9 Å². The van der Waals surface area contributed by atoms with Crippen LogP contribution in [0.5, 0.6) is 0 Å². The molecule has 1 atom stereocenters. The topological polar surface area (TPSA) is 58.6 Å². The molecule has 0 spiro atoms. The third-order valence-electron chi connectivity index (χ3n) is 2.54. The van der Waals surface area contributed by atoms with Crippen molar-refractivity contribution in [1.29, 1.82) is 0 Å². The Hall–Kier alpha value is -0.820. The van der Waals surface area contributed by atoms with E-state index in [1.54, 1.807) is 42.9 Å². The van der Waals surface area contributed by atoms with E-state index in [4.69, 9.17) is 16.7 Å². The van der Waals surface area contributed by atoms with Crippen molar-refractivity contribution in [2.45, 2.75) is 15.9 Å². The van der Waals surface area contributed by atoms with E-state index in [0.717, 1.165) is 16.9 Å². The number of aromatic carboxylic acids is 1. The van der Waals surface area contributed by atoms with Crippen LogP contribution >= 0.6 is 35.1 Å². The second-order valence-electron chi connectivity index (χ2n) is 3.72. The molecule has 102 valence electrons. The molecule has 1 aliphatic heterocycles. The van der Waals surface area contributed by atoms with E-state index in [2.05, 4.69) is 10.3 Å². The van der Waals surface area contributed by atoms with Crippen molar-refractivity contribution >= 4 is 41.1 Å². The number of thioether (sulfide) groups is 2. The van der Waals surface area contributed by atoms with Gasteiger partial charge in [-0.1, -0.05) is 11.6 Å². The summed E-state index contributed by atoms with van der Waals surface area (Å²) in [5.41, 5.74) is 3.71. The molecule has 19 heavy (non-hydrogen) atoms. The lowest BCUT2D eigenvalue weighted by Gasteiger charge is -2.04. The van der Waals surface area contributed by atoms with E-state index in [-0.39, 0.29) is 5.56 Å². The predicted molar refractivity (Wildman–Crippen MR) is 78.6 cm³/mol. The predicted octanol–water partition coefficient (Wildman–Crippen LogP) is 3.37. The number of hydroxylamine groups is 1. The number of rotatable bonds is 5. The highest BCUT2D eigenvalue weighted by Crippen LogP contribution is 2.46. The van der Waals surface area contributed by atoms with Gasteiger partial charge in [0.05, 0.1) is 22.3 Å². The molecule has 0 bridgehead atoms. The van der Waals surface area contributed by atoms with Gasteiger partial charge in [-0.2, -0.15) is 0 Å². The first-order chi connectivity index (χ1) is 9.13. The molecule has 0 saturated carbocycles. The zero-order valence-corrected chi connectivity index (χ0v) is 12.4. The van der Waals surface area contributed by atoms with Crippen LogP contribution in [0, 0.1) is 0 Å². The molecule has 0 aromatic heterocycles. The number of hydrogen-bond donors (Lipinski definition) is 2. The first-order valence-electron chi connectivity index (χ1n) is 5.43. The number of carboxylic acids is 1. The number of carboxylic acid groups (broad SMARTS) is 1. The van der Waals surface area contributed by atoms with Crippen molar-refractivity contribution in [3.8, 4) is 0 Å². The average Bonchev–Trinajstić information content (AvgIpc) is 2.78. The summed E-state index contributed by atoms with van der Waals surface area (Å²) in [6.07, 6.45) is 2.46. The number of halogens is 1. The molecular formula is C12H12ClNO3S2. The van der Waals surface area contributed by atoms with Crippen LogP contribution in [0.15, 0.2) is 28.6 Å². The Labute approximate surface area is 124 Å². The summed E-state index contributed by atoms with van der Waals surface area (Å²) in [5.74, 6) is -0.988. The standard InChI is InChI=1S/C12H12ClNO3S2/c1-17-14-4-5-18-10-6-8-9(19-10)3-2-7(11(8)13)12(15)16/h2-5,10,14H,6H2,1H3,(H,15,16). The summed E-state index contributed by atoms with van der Waals surface area (Å²) < 4.78 is 0.298. The van der Waals surface area contributed by atoms with E-state index in [0.29, 0.717) is 9.60 Å². The zero-order chi connectivity index (χ0) is 13.8. The third kappa shape index (κ3) is 3.39. The number of carbonyl (C=O) groups is 1. The third-order valence-corrected chi connectivity index (χ3v) is 5.43. The van der Waals surface area contributed by atoms with Gasteiger partial charge in [0, 0.05) is 11.1 Å². The normalized spacial score (nSPS) is 17.7. The minimum atomic E-state index is -0.988. The van der Waals surface area contributed by atoms with Crippen molar-refractivity contribution in [3.63, 3.8) is 0 Å². The molecule has 0 fully saturated rings. The maximum atomic E-state index is 11.0. The molecule has 0 saturated heterocycles. The molecule has 4 nitrogen and oxygen atoms in total. The summed E-state index contributed by atoms with van der Waals surface area (Å²) >= 11 is 9.48. The van der Waals surface area contributed by atoms with E-state index >= 15 is 0 Å². The quantitative estimate of drug-likeness (QED) is 0.812. The number of benzene rings is 1. The van der Waals surface area contributed by atoms with Gasteiger partial charge in [0.25, 0.3) is 0 Å². The molecular weight excluding hydrogens is 306 g/mol. The van der Waals surface area contributed by atoms with Gasteiger partial charge in [0.15, 0.2) is 0 Å². The SMILES string of the molecule is CONC=CSC1Cc2c(ccc(C(=O)O)c2Cl)S1. The van der Waals surface area contributed by atoms with E-state index in [9.17, 15) is 4.79 Å². The Morgan fingerprint density at radius 2 is 2.47 bits per heavy atom. The smallest absolute Gasteiger partial charge is 0.337 e. The van der Waals surface area contributed by atoms with Crippen molar-refractivity contribution in [2.75, 3.05) is 7.11 Å². The minimum Gasteiger partial charge on any atom is -0.478 e. The van der Waals surface area contributed by atoms with Gasteiger partial charge < -0.3 is 5.11 Å². The first-order valence-corrected chi connectivity index (χ1v) is 7.64. The average molecular weight is 318 g/mol. The Balaban J connectivity index is 2.08. The summed E-state index contributed by atoms with van der Waals surface area (Å²) in [6.45, 7) is 0. The number of hydrogen-bond acceptors (Lipinski definition) is 5. The van der Waals surface area contributed by atoms with Crippen molar-refractivity contribution in [1.82, 2.24) is 5.48 Å². The Morgan fingerprint density at radius 3 is 3.16 bits per heavy atom. The molecule has 1 heterocycles. The van der Waals surface area contributed by atoms with E-state index in [1.165, 1.54) is 0 Å². The summed E-state index contributed by atoms with van der Waals surface area (Å²) in [6, 6.07) is 3.39. The molecule has 0 radical (unpaired) electrons. The molecule has 0 amide bonds. The molecule has 1 aromatic rings. The van der Waals surface area contributed by atoms with Crippen LogP contribution in [-0.2, 0) is 11.3 Å². The van der Waals surface area contributed by atoms with E-state index in [1.807, 2.05) is 11.5 Å². The molecule has 2 rings (SSSR count). The number of fused-ring (bicyclic) bond motifs is 1. The Morgan fingerprint density at radius 1 is 1.68 bits per heavy atom. The van der Waals surface area contributed by atoms with Crippen LogP contribution in [0.4, 0.5) is 0 Å². The van der Waals surface area contributed by atoms with Crippen LogP contribution in [-0.4, -0.2) is 22.8 Å². The van der Waals surface area contributed by atoms with Crippen molar-refractivity contribution < 1.29 is 14.7 Å². The summed E-state index contributed by atoms with van der Waals surface area (Å²) in [4.78, 5) is 16.8. The molecule has 7 heteroatoms. The minimum absolute atomic E-state index is 0.170. The molecule has 0 aliphatic carbocycles.